The average molecular weight is 1170 g/mol. The second-order valence-corrected chi connectivity index (χ2v) is 34.2. The second-order valence-electron chi connectivity index (χ2n) is 32.0. The number of fused-ring (bicyclic) bond motifs is 1. The Balaban J connectivity index is 1.75. The maximum absolute atomic E-state index is 17.0. The molecular weight excluding hydrogens is 1070 g/mol. The lowest BCUT2D eigenvalue weighted by atomic mass is 9.67. The Morgan fingerprint density at radius 3 is 0.683 bits per heavy atom. The van der Waals surface area contributed by atoms with Crippen LogP contribution in [0.5, 0.6) is 0 Å². The van der Waals surface area contributed by atoms with Gasteiger partial charge in [0.2, 0.25) is 5.79 Å². The number of halogens is 2. The third kappa shape index (κ3) is 12.3. The molecule has 2 heterocycles. The van der Waals surface area contributed by atoms with E-state index in [0.717, 1.165) is 44.5 Å². The monoisotopic (exact) mass is 1170 g/mol. The van der Waals surface area contributed by atoms with E-state index in [1.54, 1.807) is 0 Å². The van der Waals surface area contributed by atoms with Crippen molar-refractivity contribution in [1.29, 1.82) is 0 Å². The number of phosphoric acid groups is 1. The molecule has 0 aromatic heterocycles. The number of phosphoric ester groups is 1. The summed E-state index contributed by atoms with van der Waals surface area (Å²) >= 11 is 13.7. The molecule has 82 heavy (non-hydrogen) atoms. The van der Waals surface area contributed by atoms with Crippen LogP contribution in [-0.4, -0.2) is 17.1 Å². The first-order valence-corrected chi connectivity index (χ1v) is 31.6. The topological polar surface area (TPSA) is 74.2 Å². The molecule has 0 radical (unpaired) electrons. The summed E-state index contributed by atoms with van der Waals surface area (Å²) in [6, 6.07) is 41.6. The molecule has 0 amide bonds. The van der Waals surface area contributed by atoms with Crippen molar-refractivity contribution in [2.75, 3.05) is 0 Å². The van der Waals surface area contributed by atoms with Gasteiger partial charge in [0, 0.05) is 21.2 Å². The molecule has 442 valence electrons. The van der Waals surface area contributed by atoms with Crippen molar-refractivity contribution < 1.29 is 28.0 Å². The van der Waals surface area contributed by atoms with Gasteiger partial charge in [-0.2, -0.15) is 0 Å². The van der Waals surface area contributed by atoms with E-state index in [1.807, 2.05) is 48.5 Å². The second kappa shape index (κ2) is 20.8. The van der Waals surface area contributed by atoms with Crippen LogP contribution in [-0.2, 0) is 83.4 Å². The highest BCUT2D eigenvalue weighted by atomic mass is 35.5. The number of benzene rings is 6. The van der Waals surface area contributed by atoms with E-state index in [-0.39, 0.29) is 0 Å². The molecule has 0 spiro atoms. The molecule has 6 nitrogen and oxygen atoms in total. The largest absolute Gasteiger partial charge is 0.474 e. The van der Waals surface area contributed by atoms with Crippen molar-refractivity contribution in [3.63, 3.8) is 0 Å². The molecule has 2 fully saturated rings. The standard InChI is InChI=1S/C73H95Cl2O6P/c1-63(2,3)47-33-48(64(4,5)6)38-55(37-47)71(56-39-49(65(7,8)9)34-50(40-56)66(10,11)12)61-62(79-73(78-61,45-25-29-59(74)30-26-45)46-27-31-60(75)32-28-46)72(81-82(76,77)80-71,57-41-51(67(13,14)15)35-52(42-57)68(16,17)18)58-43-53(69(19,20)21)36-54(44-58)70(22,23)24/h25-44,61-62H,1-24H3,(H,76,77)/t61-,62-/m1/s1. The first-order valence-electron chi connectivity index (χ1n) is 29.4. The summed E-state index contributed by atoms with van der Waals surface area (Å²) in [5.74, 6) is -1.77. The molecule has 0 aliphatic carbocycles. The molecule has 2 saturated heterocycles. The van der Waals surface area contributed by atoms with E-state index >= 15 is 4.57 Å². The summed E-state index contributed by atoms with van der Waals surface area (Å²) in [7, 11) is -5.43. The number of hydrogen-bond acceptors (Lipinski definition) is 5. The molecule has 6 aromatic carbocycles. The van der Waals surface area contributed by atoms with Crippen LogP contribution in [0.3, 0.4) is 0 Å². The summed E-state index contributed by atoms with van der Waals surface area (Å²) in [6.07, 6.45) is -2.61. The highest BCUT2D eigenvalue weighted by molar-refractivity contribution is 7.47. The van der Waals surface area contributed by atoms with E-state index in [1.165, 1.54) is 0 Å². The van der Waals surface area contributed by atoms with E-state index in [4.69, 9.17) is 41.7 Å². The van der Waals surface area contributed by atoms with E-state index in [0.29, 0.717) is 43.4 Å². The van der Waals surface area contributed by atoms with Gasteiger partial charge in [0.05, 0.1) is 0 Å². The zero-order chi connectivity index (χ0) is 61.4. The van der Waals surface area contributed by atoms with Crippen LogP contribution in [0, 0.1) is 0 Å². The zero-order valence-corrected chi connectivity index (χ0v) is 56.3. The molecule has 2 atom stereocenters. The van der Waals surface area contributed by atoms with Crippen LogP contribution >= 0.6 is 31.0 Å². The fourth-order valence-electron chi connectivity index (χ4n) is 11.4. The summed E-state index contributed by atoms with van der Waals surface area (Å²) in [5.41, 5.74) is 4.77. The highest BCUT2D eigenvalue weighted by Gasteiger charge is 2.71. The van der Waals surface area contributed by atoms with Gasteiger partial charge in [0.25, 0.3) is 0 Å². The normalized spacial score (nSPS) is 19.6. The Labute approximate surface area is 504 Å². The predicted octanol–water partition coefficient (Wildman–Crippen LogP) is 20.4. The highest BCUT2D eigenvalue weighted by Crippen LogP contribution is 2.69. The summed E-state index contributed by atoms with van der Waals surface area (Å²) < 4.78 is 49.1. The molecule has 8 rings (SSSR count). The number of ether oxygens (including phenoxy) is 2. The third-order valence-electron chi connectivity index (χ3n) is 17.0. The van der Waals surface area contributed by atoms with Crippen molar-refractivity contribution in [2.24, 2.45) is 0 Å². The van der Waals surface area contributed by atoms with Crippen molar-refractivity contribution in [3.05, 3.63) is 209 Å². The summed E-state index contributed by atoms with van der Waals surface area (Å²) in [4.78, 5) is 13.9. The van der Waals surface area contributed by atoms with Crippen LogP contribution in [0.2, 0.25) is 10.0 Å². The maximum atomic E-state index is 17.0. The third-order valence-corrected chi connectivity index (χ3v) is 18.5. The molecule has 1 N–H and O–H groups in total. The maximum Gasteiger partial charge on any atom is 0.474 e. The Bertz CT molecular complexity index is 2900. The van der Waals surface area contributed by atoms with Gasteiger partial charge in [0.15, 0.2) is 11.2 Å². The smallest absolute Gasteiger partial charge is 0.332 e. The molecule has 0 saturated carbocycles. The number of rotatable bonds is 6. The SMILES string of the molecule is CC(C)(C)c1cc(C(C)(C)C)cc(C2(c3cc(C(C)(C)C)cc(C(C)(C)C)c3)OP(=O)(O)OC(c3cc(C(C)(C)C)cc(C(C)(C)C)c3)(c3cc(C(C)(C)C)cc(C(C)(C)C)c3)[C@@H]3OC(c4ccc(Cl)cc4)(c4ccc(Cl)cc4)O[C@H]32)c1. The molecule has 0 unspecified atom stereocenters. The molecule has 0 bridgehead atoms. The van der Waals surface area contributed by atoms with Crippen molar-refractivity contribution >= 4 is 31.0 Å². The van der Waals surface area contributed by atoms with Crippen LogP contribution in [0.1, 0.15) is 244 Å². The van der Waals surface area contributed by atoms with Gasteiger partial charge in [-0.3, -0.25) is 9.05 Å². The number of hydrogen-bond donors (Lipinski definition) is 1. The van der Waals surface area contributed by atoms with E-state index in [2.05, 4.69) is 239 Å². The minimum atomic E-state index is -5.43. The predicted molar refractivity (Wildman–Crippen MR) is 342 cm³/mol. The Kier molecular flexibility index (Phi) is 16.2. The minimum absolute atomic E-state index is 0.398. The van der Waals surface area contributed by atoms with Gasteiger partial charge >= 0.3 is 7.82 Å². The van der Waals surface area contributed by atoms with Gasteiger partial charge < -0.3 is 14.4 Å². The fourth-order valence-corrected chi connectivity index (χ4v) is 13.0. The van der Waals surface area contributed by atoms with E-state index < -0.39 is 80.3 Å². The quantitative estimate of drug-likeness (QED) is 0.168. The van der Waals surface area contributed by atoms with Crippen molar-refractivity contribution in [3.8, 4) is 0 Å². The summed E-state index contributed by atoms with van der Waals surface area (Å²) in [5, 5.41) is 1.06. The molecule has 2 aliphatic rings. The van der Waals surface area contributed by atoms with Crippen LogP contribution < -0.4 is 0 Å². The molecule has 9 heteroatoms. The van der Waals surface area contributed by atoms with Gasteiger partial charge in [-0.25, -0.2) is 4.57 Å². The Morgan fingerprint density at radius 1 is 0.329 bits per heavy atom. The Morgan fingerprint density at radius 2 is 0.512 bits per heavy atom. The van der Waals surface area contributed by atoms with Gasteiger partial charge in [-0.15, -0.1) is 0 Å². The fraction of sp³-hybridized carbons (Fsp3) is 0.507. The first-order chi connectivity index (χ1) is 37.1. The van der Waals surface area contributed by atoms with Crippen molar-refractivity contribution in [1.82, 2.24) is 0 Å². The lowest BCUT2D eigenvalue weighted by molar-refractivity contribution is -0.182. The molecular formula is C73H95Cl2O6P. The van der Waals surface area contributed by atoms with Crippen LogP contribution in [0.15, 0.2) is 121 Å². The van der Waals surface area contributed by atoms with Gasteiger partial charge in [-0.1, -0.05) is 286 Å². The van der Waals surface area contributed by atoms with Crippen LogP contribution in [0.4, 0.5) is 0 Å². The minimum Gasteiger partial charge on any atom is -0.332 e. The van der Waals surface area contributed by atoms with Gasteiger partial charge in [0.1, 0.15) is 12.2 Å². The zero-order valence-electron chi connectivity index (χ0n) is 53.9. The molecule has 2 aliphatic heterocycles. The van der Waals surface area contributed by atoms with Crippen LogP contribution in [0.25, 0.3) is 0 Å². The lowest BCUT2D eigenvalue weighted by Crippen LogP contribution is -2.54. The van der Waals surface area contributed by atoms with E-state index in [9.17, 15) is 4.89 Å². The Hall–Kier alpha value is -4.07. The molecule has 6 aromatic rings. The van der Waals surface area contributed by atoms with Gasteiger partial charge in [-0.05, 0) is 134 Å². The van der Waals surface area contributed by atoms with Crippen molar-refractivity contribution in [2.45, 2.75) is 239 Å². The average Bonchev–Trinajstić information content (AvgIpc) is 1.81. The summed E-state index contributed by atoms with van der Waals surface area (Å²) in [6.45, 7) is 52.9. The lowest BCUT2D eigenvalue weighted by Gasteiger charge is -2.43. The first kappa shape index (κ1) is 63.9.